The van der Waals surface area contributed by atoms with Crippen LogP contribution in [0, 0.1) is 12.7 Å². The number of nitrogens with one attached hydrogen (secondary N) is 1. The number of anilines is 1. The second-order valence-corrected chi connectivity index (χ2v) is 5.26. The summed E-state index contributed by atoms with van der Waals surface area (Å²) in [5, 5.41) is 11.6. The van der Waals surface area contributed by atoms with Gasteiger partial charge in [0.1, 0.15) is 5.82 Å². The summed E-state index contributed by atoms with van der Waals surface area (Å²) >= 11 is 3.00. The van der Waals surface area contributed by atoms with Crippen LogP contribution in [-0.2, 0) is 0 Å². The predicted octanol–water partition coefficient (Wildman–Crippen LogP) is 3.85. The van der Waals surface area contributed by atoms with Gasteiger partial charge in [0.25, 0.3) is 5.91 Å². The second-order valence-electron chi connectivity index (χ2n) is 4.41. The summed E-state index contributed by atoms with van der Waals surface area (Å²) < 4.78 is 14.0. The fourth-order valence-corrected chi connectivity index (χ4v) is 2.18. The van der Waals surface area contributed by atoms with Crippen molar-refractivity contribution in [3.8, 4) is 0 Å². The number of carboxylic acid groups (broad SMARTS) is 1. The molecule has 0 atom stereocenters. The van der Waals surface area contributed by atoms with Crippen molar-refractivity contribution >= 4 is 33.5 Å². The Balaban J connectivity index is 2.36. The zero-order chi connectivity index (χ0) is 15.6. The van der Waals surface area contributed by atoms with Crippen LogP contribution in [0.25, 0.3) is 0 Å². The highest BCUT2D eigenvalue weighted by molar-refractivity contribution is 9.10. The van der Waals surface area contributed by atoms with E-state index in [-0.39, 0.29) is 21.3 Å². The van der Waals surface area contributed by atoms with Crippen LogP contribution in [0.4, 0.5) is 10.1 Å². The Morgan fingerprint density at radius 3 is 2.57 bits per heavy atom. The van der Waals surface area contributed by atoms with Crippen LogP contribution in [-0.4, -0.2) is 17.0 Å². The number of amides is 1. The normalized spacial score (nSPS) is 10.2. The van der Waals surface area contributed by atoms with Crippen LogP contribution < -0.4 is 5.32 Å². The fraction of sp³-hybridized carbons (Fsp3) is 0.0667. The maximum atomic E-state index is 13.9. The van der Waals surface area contributed by atoms with Gasteiger partial charge in [0.15, 0.2) is 0 Å². The largest absolute Gasteiger partial charge is 0.478 e. The van der Waals surface area contributed by atoms with E-state index in [0.717, 1.165) is 5.56 Å². The standard InChI is InChI=1S/C15H11BrFNO3/c1-8-5-6-12(10(7-8)15(20)21)18-14(19)9-3-2-4-11(16)13(9)17/h2-7H,1H3,(H,18,19)(H,20,21). The van der Waals surface area contributed by atoms with Gasteiger partial charge in [0, 0.05) is 0 Å². The smallest absolute Gasteiger partial charge is 0.337 e. The molecule has 0 aliphatic rings. The first kappa shape index (κ1) is 15.2. The Morgan fingerprint density at radius 1 is 1.19 bits per heavy atom. The first-order valence-electron chi connectivity index (χ1n) is 5.99. The van der Waals surface area contributed by atoms with Crippen LogP contribution in [0.2, 0.25) is 0 Å². The third-order valence-corrected chi connectivity index (χ3v) is 3.46. The minimum absolute atomic E-state index is 0.0428. The summed E-state index contributed by atoms with van der Waals surface area (Å²) in [4.78, 5) is 23.3. The van der Waals surface area contributed by atoms with Crippen LogP contribution in [0.3, 0.4) is 0 Å². The molecule has 1 amide bonds. The summed E-state index contributed by atoms with van der Waals surface area (Å²) in [5.41, 5.74) is 0.663. The molecule has 0 saturated heterocycles. The highest BCUT2D eigenvalue weighted by Gasteiger charge is 2.17. The minimum Gasteiger partial charge on any atom is -0.478 e. The van der Waals surface area contributed by atoms with Crippen LogP contribution in [0.1, 0.15) is 26.3 Å². The van der Waals surface area contributed by atoms with Gasteiger partial charge in [-0.25, -0.2) is 9.18 Å². The molecule has 0 aromatic heterocycles. The summed E-state index contributed by atoms with van der Waals surface area (Å²) in [6.07, 6.45) is 0. The number of halogens is 2. The van der Waals surface area contributed by atoms with Gasteiger partial charge in [0.2, 0.25) is 0 Å². The van der Waals surface area contributed by atoms with Gasteiger partial charge in [-0.15, -0.1) is 0 Å². The molecule has 0 spiro atoms. The molecule has 108 valence electrons. The van der Waals surface area contributed by atoms with Gasteiger partial charge in [-0.2, -0.15) is 0 Å². The van der Waals surface area contributed by atoms with Crippen molar-refractivity contribution in [2.45, 2.75) is 6.92 Å². The minimum atomic E-state index is -1.16. The lowest BCUT2D eigenvalue weighted by Gasteiger charge is -2.10. The number of carbonyl (C=O) groups excluding carboxylic acids is 1. The van der Waals surface area contributed by atoms with Gasteiger partial charge < -0.3 is 10.4 Å². The molecule has 0 aliphatic carbocycles. The maximum absolute atomic E-state index is 13.9. The molecule has 0 radical (unpaired) electrons. The lowest BCUT2D eigenvalue weighted by Crippen LogP contribution is -2.16. The van der Waals surface area contributed by atoms with E-state index < -0.39 is 17.7 Å². The highest BCUT2D eigenvalue weighted by atomic mass is 79.9. The molecular weight excluding hydrogens is 341 g/mol. The molecule has 0 unspecified atom stereocenters. The third kappa shape index (κ3) is 3.28. The highest BCUT2D eigenvalue weighted by Crippen LogP contribution is 2.22. The monoisotopic (exact) mass is 351 g/mol. The molecule has 2 N–H and O–H groups in total. The Bertz CT molecular complexity index is 731. The number of carboxylic acids is 1. The van der Waals surface area contributed by atoms with E-state index in [1.807, 2.05) is 0 Å². The average Bonchev–Trinajstić information content (AvgIpc) is 2.43. The third-order valence-electron chi connectivity index (χ3n) is 2.85. The van der Waals surface area contributed by atoms with Crippen LogP contribution in [0.15, 0.2) is 40.9 Å². The van der Waals surface area contributed by atoms with Crippen molar-refractivity contribution in [2.75, 3.05) is 5.32 Å². The molecule has 2 aromatic rings. The van der Waals surface area contributed by atoms with Crippen LogP contribution in [0.5, 0.6) is 0 Å². The number of rotatable bonds is 3. The lowest BCUT2D eigenvalue weighted by atomic mass is 10.1. The van der Waals surface area contributed by atoms with Crippen molar-refractivity contribution < 1.29 is 19.1 Å². The Labute approximate surface area is 128 Å². The Hall–Kier alpha value is -2.21. The number of benzene rings is 2. The van der Waals surface area contributed by atoms with Gasteiger partial charge in [-0.05, 0) is 47.1 Å². The first-order chi connectivity index (χ1) is 9.90. The molecule has 0 bridgehead atoms. The summed E-state index contributed by atoms with van der Waals surface area (Å²) in [5.74, 6) is -2.57. The maximum Gasteiger partial charge on any atom is 0.337 e. The van der Waals surface area contributed by atoms with Gasteiger partial charge in [-0.3, -0.25) is 4.79 Å². The molecule has 0 saturated carbocycles. The van der Waals surface area contributed by atoms with Gasteiger partial charge >= 0.3 is 5.97 Å². The number of hydrogen-bond acceptors (Lipinski definition) is 2. The van der Waals surface area contributed by atoms with Crippen molar-refractivity contribution in [2.24, 2.45) is 0 Å². The number of hydrogen-bond donors (Lipinski definition) is 2. The molecule has 0 fully saturated rings. The van der Waals surface area contributed by atoms with Gasteiger partial charge in [-0.1, -0.05) is 17.7 Å². The SMILES string of the molecule is Cc1ccc(NC(=O)c2cccc(Br)c2F)c(C(=O)O)c1. The Morgan fingerprint density at radius 2 is 1.90 bits per heavy atom. The van der Waals surface area contributed by atoms with E-state index in [9.17, 15) is 14.0 Å². The number of aromatic carboxylic acids is 1. The summed E-state index contributed by atoms with van der Waals surface area (Å²) in [7, 11) is 0. The number of carbonyl (C=O) groups is 2. The van der Waals surface area contributed by atoms with Crippen LogP contribution >= 0.6 is 15.9 Å². The zero-order valence-corrected chi connectivity index (χ0v) is 12.6. The summed E-state index contributed by atoms with van der Waals surface area (Å²) in [6, 6.07) is 8.90. The van der Waals surface area contributed by atoms with Crippen molar-refractivity contribution in [3.05, 3.63) is 63.4 Å². The summed E-state index contributed by atoms with van der Waals surface area (Å²) in [6.45, 7) is 1.74. The Kier molecular flexibility index (Phi) is 4.37. The molecule has 0 aliphatic heterocycles. The van der Waals surface area contributed by atoms with Gasteiger partial charge in [0.05, 0.1) is 21.3 Å². The van der Waals surface area contributed by atoms with E-state index in [1.165, 1.54) is 30.3 Å². The molecule has 21 heavy (non-hydrogen) atoms. The van der Waals surface area contributed by atoms with Crippen molar-refractivity contribution in [1.82, 2.24) is 0 Å². The zero-order valence-electron chi connectivity index (χ0n) is 11.0. The average molecular weight is 352 g/mol. The topological polar surface area (TPSA) is 66.4 Å². The molecule has 0 heterocycles. The molecule has 6 heteroatoms. The molecular formula is C15H11BrFNO3. The first-order valence-corrected chi connectivity index (χ1v) is 6.78. The second kappa shape index (κ2) is 6.05. The van der Waals surface area contributed by atoms with E-state index in [1.54, 1.807) is 13.0 Å². The fourth-order valence-electron chi connectivity index (χ4n) is 1.81. The van der Waals surface area contributed by atoms with E-state index in [4.69, 9.17) is 5.11 Å². The molecule has 4 nitrogen and oxygen atoms in total. The number of aryl methyl sites for hydroxylation is 1. The van der Waals surface area contributed by atoms with Crippen molar-refractivity contribution in [3.63, 3.8) is 0 Å². The predicted molar refractivity (Wildman–Crippen MR) is 80.2 cm³/mol. The lowest BCUT2D eigenvalue weighted by molar-refractivity contribution is 0.0698. The quantitative estimate of drug-likeness (QED) is 0.882. The molecule has 2 rings (SSSR count). The van der Waals surface area contributed by atoms with E-state index in [2.05, 4.69) is 21.2 Å². The van der Waals surface area contributed by atoms with E-state index in [0.29, 0.717) is 0 Å². The van der Waals surface area contributed by atoms with E-state index >= 15 is 0 Å². The van der Waals surface area contributed by atoms with Crippen molar-refractivity contribution in [1.29, 1.82) is 0 Å². The molecule has 2 aromatic carbocycles.